The van der Waals surface area contributed by atoms with Crippen molar-refractivity contribution >= 4 is 12.2 Å². The van der Waals surface area contributed by atoms with E-state index in [1.54, 1.807) is 38.4 Å². The lowest BCUT2D eigenvalue weighted by atomic mass is 10.2. The first-order valence-corrected chi connectivity index (χ1v) is 5.01. The van der Waals surface area contributed by atoms with Gasteiger partial charge in [-0.1, -0.05) is 12.1 Å². The average Bonchev–Trinajstić information content (AvgIpc) is 2.29. The Morgan fingerprint density at radius 2 is 2.19 bits per heavy atom. The molecule has 0 aliphatic rings. The van der Waals surface area contributed by atoms with Gasteiger partial charge in [-0.2, -0.15) is 0 Å². The van der Waals surface area contributed by atoms with Crippen molar-refractivity contribution in [3.63, 3.8) is 0 Å². The number of carbonyl (C=O) groups excluding carboxylic acids is 2. The van der Waals surface area contributed by atoms with Crippen LogP contribution in [0, 0.1) is 0 Å². The Bertz CT molecular complexity index is 374. The second-order valence-corrected chi connectivity index (χ2v) is 3.58. The number of carbonyl (C=O) groups is 2. The summed E-state index contributed by atoms with van der Waals surface area (Å²) in [5.41, 5.74) is 0.566. The van der Waals surface area contributed by atoms with Gasteiger partial charge in [0.1, 0.15) is 12.0 Å². The molecule has 16 heavy (non-hydrogen) atoms. The van der Waals surface area contributed by atoms with Gasteiger partial charge < -0.3 is 9.64 Å². The van der Waals surface area contributed by atoms with Crippen LogP contribution in [0.2, 0.25) is 0 Å². The quantitative estimate of drug-likeness (QED) is 0.705. The van der Waals surface area contributed by atoms with Gasteiger partial charge in [-0.25, -0.2) is 0 Å². The first-order chi connectivity index (χ1) is 7.63. The minimum absolute atomic E-state index is 0.0199. The van der Waals surface area contributed by atoms with Crippen molar-refractivity contribution < 1.29 is 14.3 Å². The maximum absolute atomic E-state index is 11.2. The highest BCUT2D eigenvalue weighted by atomic mass is 16.5. The molecule has 1 rings (SSSR count). The molecule has 0 spiro atoms. The number of hydrogen-bond donors (Lipinski definition) is 0. The molecule has 0 saturated carbocycles. The molecule has 1 amide bonds. The lowest BCUT2D eigenvalue weighted by Gasteiger charge is -2.10. The van der Waals surface area contributed by atoms with Crippen LogP contribution in [0.4, 0.5) is 0 Å². The predicted octanol–water partition coefficient (Wildman–Crippen LogP) is 1.36. The topological polar surface area (TPSA) is 46.6 Å². The van der Waals surface area contributed by atoms with E-state index in [4.69, 9.17) is 4.74 Å². The van der Waals surface area contributed by atoms with Crippen molar-refractivity contribution in [1.82, 2.24) is 4.90 Å². The molecule has 0 bridgehead atoms. The average molecular weight is 221 g/mol. The third-order valence-corrected chi connectivity index (χ3v) is 2.08. The molecule has 0 saturated heterocycles. The lowest BCUT2D eigenvalue weighted by Crippen LogP contribution is -2.23. The second kappa shape index (κ2) is 5.90. The Labute approximate surface area is 94.8 Å². The van der Waals surface area contributed by atoms with Crippen LogP contribution in [0.15, 0.2) is 24.3 Å². The van der Waals surface area contributed by atoms with E-state index in [1.807, 2.05) is 0 Å². The predicted molar refractivity (Wildman–Crippen MR) is 60.6 cm³/mol. The summed E-state index contributed by atoms with van der Waals surface area (Å²) in [6.45, 7) is 0.319. The van der Waals surface area contributed by atoms with Crippen LogP contribution in [0.5, 0.6) is 5.75 Å². The van der Waals surface area contributed by atoms with Crippen LogP contribution in [0.1, 0.15) is 16.8 Å². The normalized spacial score (nSPS) is 9.62. The van der Waals surface area contributed by atoms with E-state index >= 15 is 0 Å². The first kappa shape index (κ1) is 12.2. The summed E-state index contributed by atoms with van der Waals surface area (Å²) in [4.78, 5) is 23.3. The van der Waals surface area contributed by atoms with Crippen LogP contribution in [-0.2, 0) is 4.79 Å². The summed E-state index contributed by atoms with van der Waals surface area (Å²) in [5.74, 6) is 0.627. The van der Waals surface area contributed by atoms with E-state index in [1.165, 1.54) is 4.90 Å². The zero-order valence-electron chi connectivity index (χ0n) is 9.47. The zero-order chi connectivity index (χ0) is 12.0. The van der Waals surface area contributed by atoms with Crippen molar-refractivity contribution in [1.29, 1.82) is 0 Å². The molecule has 4 nitrogen and oxygen atoms in total. The SMILES string of the molecule is CN(C)C(=O)CCOc1cccc(C=O)c1. The van der Waals surface area contributed by atoms with Crippen molar-refractivity contribution in [3.8, 4) is 5.75 Å². The van der Waals surface area contributed by atoms with Gasteiger partial charge in [0.15, 0.2) is 0 Å². The zero-order valence-corrected chi connectivity index (χ0v) is 9.47. The highest BCUT2D eigenvalue weighted by Gasteiger charge is 2.03. The summed E-state index contributed by atoms with van der Waals surface area (Å²) in [6, 6.07) is 6.85. The smallest absolute Gasteiger partial charge is 0.225 e. The standard InChI is InChI=1S/C12H15NO3/c1-13(2)12(15)6-7-16-11-5-3-4-10(8-11)9-14/h3-5,8-9H,6-7H2,1-2H3. The molecule has 4 heteroatoms. The summed E-state index contributed by atoms with van der Waals surface area (Å²) < 4.78 is 5.36. The van der Waals surface area contributed by atoms with Gasteiger partial charge in [-0.05, 0) is 12.1 Å². The van der Waals surface area contributed by atoms with E-state index in [9.17, 15) is 9.59 Å². The lowest BCUT2D eigenvalue weighted by molar-refractivity contribution is -0.129. The fourth-order valence-electron chi connectivity index (χ4n) is 1.16. The molecule has 0 radical (unpaired) electrons. The molecule has 0 atom stereocenters. The van der Waals surface area contributed by atoms with Gasteiger partial charge >= 0.3 is 0 Å². The highest BCUT2D eigenvalue weighted by Crippen LogP contribution is 2.12. The Kier molecular flexibility index (Phi) is 4.51. The first-order valence-electron chi connectivity index (χ1n) is 5.01. The van der Waals surface area contributed by atoms with E-state index in [0.29, 0.717) is 24.3 Å². The van der Waals surface area contributed by atoms with Gasteiger partial charge in [0.25, 0.3) is 0 Å². The van der Waals surface area contributed by atoms with Crippen LogP contribution in [-0.4, -0.2) is 37.8 Å². The molecule has 0 aliphatic heterocycles. The van der Waals surface area contributed by atoms with Gasteiger partial charge in [0, 0.05) is 19.7 Å². The summed E-state index contributed by atoms with van der Waals surface area (Å²) in [7, 11) is 3.41. The van der Waals surface area contributed by atoms with Crippen molar-refractivity contribution in [2.45, 2.75) is 6.42 Å². The molecule has 1 aromatic carbocycles. The van der Waals surface area contributed by atoms with E-state index in [0.717, 1.165) is 6.29 Å². The Hall–Kier alpha value is -1.84. The van der Waals surface area contributed by atoms with Gasteiger partial charge in [-0.15, -0.1) is 0 Å². The minimum atomic E-state index is 0.0199. The maximum Gasteiger partial charge on any atom is 0.225 e. The fraction of sp³-hybridized carbons (Fsp3) is 0.333. The molecule has 0 fully saturated rings. The number of aldehydes is 1. The van der Waals surface area contributed by atoms with Gasteiger partial charge in [0.2, 0.25) is 5.91 Å². The second-order valence-electron chi connectivity index (χ2n) is 3.58. The Balaban J connectivity index is 2.42. The number of nitrogens with zero attached hydrogens (tertiary/aromatic N) is 1. The molecule has 0 aromatic heterocycles. The van der Waals surface area contributed by atoms with Crippen molar-refractivity contribution in [2.24, 2.45) is 0 Å². The molecule has 0 heterocycles. The van der Waals surface area contributed by atoms with Crippen molar-refractivity contribution in [2.75, 3.05) is 20.7 Å². The summed E-state index contributed by atoms with van der Waals surface area (Å²) in [6.07, 6.45) is 1.09. The maximum atomic E-state index is 11.2. The third kappa shape index (κ3) is 3.73. The van der Waals surface area contributed by atoms with Crippen LogP contribution < -0.4 is 4.74 Å². The van der Waals surface area contributed by atoms with Crippen molar-refractivity contribution in [3.05, 3.63) is 29.8 Å². The molecule has 86 valence electrons. The number of rotatable bonds is 5. The van der Waals surface area contributed by atoms with Crippen LogP contribution in [0.25, 0.3) is 0 Å². The van der Waals surface area contributed by atoms with E-state index in [-0.39, 0.29) is 5.91 Å². The monoisotopic (exact) mass is 221 g/mol. The minimum Gasteiger partial charge on any atom is -0.493 e. The summed E-state index contributed by atoms with van der Waals surface area (Å²) in [5, 5.41) is 0. The number of amides is 1. The summed E-state index contributed by atoms with van der Waals surface area (Å²) >= 11 is 0. The number of ether oxygens (including phenoxy) is 1. The third-order valence-electron chi connectivity index (χ3n) is 2.08. The Morgan fingerprint density at radius 1 is 1.44 bits per heavy atom. The molecular weight excluding hydrogens is 206 g/mol. The Morgan fingerprint density at radius 3 is 2.81 bits per heavy atom. The van der Waals surface area contributed by atoms with Crippen LogP contribution in [0.3, 0.4) is 0 Å². The molecule has 0 unspecified atom stereocenters. The van der Waals surface area contributed by atoms with Gasteiger partial charge in [-0.3, -0.25) is 9.59 Å². The van der Waals surface area contributed by atoms with Gasteiger partial charge in [0.05, 0.1) is 13.0 Å². The molecular formula is C12H15NO3. The molecule has 0 aliphatic carbocycles. The van der Waals surface area contributed by atoms with E-state index in [2.05, 4.69) is 0 Å². The van der Waals surface area contributed by atoms with Crippen LogP contribution >= 0.6 is 0 Å². The van der Waals surface area contributed by atoms with E-state index < -0.39 is 0 Å². The molecule has 0 N–H and O–H groups in total. The number of benzene rings is 1. The fourth-order valence-corrected chi connectivity index (χ4v) is 1.16. The molecule has 1 aromatic rings. The number of hydrogen-bond acceptors (Lipinski definition) is 3. The highest BCUT2D eigenvalue weighted by molar-refractivity contribution is 5.76. The largest absolute Gasteiger partial charge is 0.493 e.